The van der Waals surface area contributed by atoms with E-state index in [9.17, 15) is 9.59 Å². The Hall–Kier alpha value is -2.03. The molecule has 0 radical (unpaired) electrons. The van der Waals surface area contributed by atoms with Crippen molar-refractivity contribution in [3.63, 3.8) is 0 Å². The Balaban J connectivity index is 1.47. The average molecular weight is 464 g/mol. The van der Waals surface area contributed by atoms with Crippen molar-refractivity contribution in [1.29, 1.82) is 0 Å². The zero-order valence-corrected chi connectivity index (χ0v) is 17.8. The lowest BCUT2D eigenvalue weighted by atomic mass is 10.1. The van der Waals surface area contributed by atoms with Crippen LogP contribution in [-0.2, 0) is 4.79 Å². The number of carbonyl (C=O) groups excluding carboxylic acids is 2. The van der Waals surface area contributed by atoms with Gasteiger partial charge < -0.3 is 10.6 Å². The molecule has 0 saturated carbocycles. The largest absolute Gasteiger partial charge is 0.351 e. The summed E-state index contributed by atoms with van der Waals surface area (Å²) >= 11 is 6.28. The van der Waals surface area contributed by atoms with Crippen LogP contribution in [0.5, 0.6) is 0 Å². The molecule has 0 fully saturated rings. The molecule has 3 aromatic rings. The number of hydrogen-bond donors (Lipinski definition) is 2. The van der Waals surface area contributed by atoms with Crippen LogP contribution in [0.4, 0.5) is 5.13 Å². The number of benzene rings is 1. The third-order valence-electron chi connectivity index (χ3n) is 3.77. The molecule has 0 aliphatic rings. The summed E-state index contributed by atoms with van der Waals surface area (Å²) in [5, 5.41) is 8.12. The Morgan fingerprint density at radius 1 is 1.19 bits per heavy atom. The number of thiazole rings is 1. The molecule has 0 saturated heterocycles. The van der Waals surface area contributed by atoms with Crippen molar-refractivity contribution in [2.75, 3.05) is 11.9 Å². The molecule has 27 heavy (non-hydrogen) atoms. The van der Waals surface area contributed by atoms with Gasteiger partial charge in [0.15, 0.2) is 5.13 Å². The summed E-state index contributed by atoms with van der Waals surface area (Å²) in [6, 6.07) is 11.5. The Kier molecular flexibility index (Phi) is 6.76. The molecule has 0 spiro atoms. The molecule has 0 aliphatic carbocycles. The summed E-state index contributed by atoms with van der Waals surface area (Å²) in [6.45, 7) is 2.45. The maximum atomic E-state index is 12.1. The predicted octanol–water partition coefficient (Wildman–Crippen LogP) is 5.09. The molecular formula is C19H18BrN3O2S2. The summed E-state index contributed by atoms with van der Waals surface area (Å²) in [4.78, 5) is 30.2. The van der Waals surface area contributed by atoms with Gasteiger partial charge in [-0.05, 0) is 36.9 Å². The Labute approximate surface area is 174 Å². The Morgan fingerprint density at radius 3 is 2.67 bits per heavy atom. The molecule has 2 N–H and O–H groups in total. The minimum Gasteiger partial charge on any atom is -0.351 e. The lowest BCUT2D eigenvalue weighted by Crippen LogP contribution is -2.24. The van der Waals surface area contributed by atoms with Gasteiger partial charge in [0, 0.05) is 27.9 Å². The standard InChI is InChI=1S/C19H18BrN3O2S2/c1-12-17(13-6-8-14(20)9-7-13)23-19(27-12)22-16(24)5-2-10-21-18(25)15-4-3-11-26-15/h3-4,6-9,11H,2,5,10H2,1H3,(H,21,25)(H,22,23,24). The number of thiophene rings is 1. The van der Waals surface area contributed by atoms with E-state index in [2.05, 4.69) is 31.5 Å². The molecule has 3 rings (SSSR count). The van der Waals surface area contributed by atoms with Crippen LogP contribution in [0.25, 0.3) is 11.3 Å². The molecule has 5 nitrogen and oxygen atoms in total. The first kappa shape index (κ1) is 19.7. The zero-order valence-electron chi connectivity index (χ0n) is 14.6. The van der Waals surface area contributed by atoms with Crippen LogP contribution in [-0.4, -0.2) is 23.3 Å². The van der Waals surface area contributed by atoms with Gasteiger partial charge in [-0.15, -0.1) is 22.7 Å². The maximum absolute atomic E-state index is 12.1. The van der Waals surface area contributed by atoms with Gasteiger partial charge in [0.05, 0.1) is 10.6 Å². The molecule has 8 heteroatoms. The number of amides is 2. The summed E-state index contributed by atoms with van der Waals surface area (Å²) in [5.74, 6) is -0.198. The van der Waals surface area contributed by atoms with E-state index in [0.29, 0.717) is 29.4 Å². The maximum Gasteiger partial charge on any atom is 0.261 e. The normalized spacial score (nSPS) is 10.6. The number of nitrogens with one attached hydrogen (secondary N) is 2. The molecule has 1 aromatic carbocycles. The molecule has 2 heterocycles. The molecule has 2 amide bonds. The van der Waals surface area contributed by atoms with Crippen molar-refractivity contribution < 1.29 is 9.59 Å². The number of anilines is 1. The number of nitrogens with zero attached hydrogens (tertiary/aromatic N) is 1. The number of rotatable bonds is 7. The Bertz CT molecular complexity index is 921. The highest BCUT2D eigenvalue weighted by Gasteiger charge is 2.12. The van der Waals surface area contributed by atoms with Crippen molar-refractivity contribution in [1.82, 2.24) is 10.3 Å². The first-order chi connectivity index (χ1) is 13.0. The van der Waals surface area contributed by atoms with Gasteiger partial charge in [-0.3, -0.25) is 9.59 Å². The van der Waals surface area contributed by atoms with Gasteiger partial charge in [-0.25, -0.2) is 4.98 Å². The second kappa shape index (κ2) is 9.25. The first-order valence-corrected chi connectivity index (χ1v) is 10.9. The van der Waals surface area contributed by atoms with E-state index in [0.717, 1.165) is 20.6 Å². The van der Waals surface area contributed by atoms with Crippen molar-refractivity contribution in [3.8, 4) is 11.3 Å². The van der Waals surface area contributed by atoms with Crippen LogP contribution in [0.1, 0.15) is 27.4 Å². The topological polar surface area (TPSA) is 71.1 Å². The van der Waals surface area contributed by atoms with Gasteiger partial charge in [-0.1, -0.05) is 34.1 Å². The van der Waals surface area contributed by atoms with Crippen LogP contribution in [0.2, 0.25) is 0 Å². The second-order valence-electron chi connectivity index (χ2n) is 5.82. The summed E-state index contributed by atoms with van der Waals surface area (Å²) in [6.07, 6.45) is 0.907. The fourth-order valence-corrected chi connectivity index (χ4v) is 4.21. The lowest BCUT2D eigenvalue weighted by Gasteiger charge is -2.04. The number of aryl methyl sites for hydroxylation is 1. The van der Waals surface area contributed by atoms with Gasteiger partial charge in [0.2, 0.25) is 5.91 Å². The predicted molar refractivity (Wildman–Crippen MR) is 115 cm³/mol. The van der Waals surface area contributed by atoms with E-state index >= 15 is 0 Å². The van der Waals surface area contributed by atoms with Crippen molar-refractivity contribution in [2.45, 2.75) is 19.8 Å². The van der Waals surface area contributed by atoms with E-state index in [1.807, 2.05) is 42.6 Å². The fourth-order valence-electron chi connectivity index (χ4n) is 2.45. The quantitative estimate of drug-likeness (QED) is 0.479. The highest BCUT2D eigenvalue weighted by atomic mass is 79.9. The third-order valence-corrected chi connectivity index (χ3v) is 6.06. The van der Waals surface area contributed by atoms with Crippen LogP contribution in [0.3, 0.4) is 0 Å². The zero-order chi connectivity index (χ0) is 19.2. The summed E-state index contributed by atoms with van der Waals surface area (Å²) in [5.41, 5.74) is 1.90. The average Bonchev–Trinajstić information content (AvgIpc) is 3.29. The molecule has 140 valence electrons. The van der Waals surface area contributed by atoms with Crippen molar-refractivity contribution in [2.24, 2.45) is 0 Å². The van der Waals surface area contributed by atoms with Crippen LogP contribution in [0.15, 0.2) is 46.3 Å². The highest BCUT2D eigenvalue weighted by Crippen LogP contribution is 2.31. The SMILES string of the molecule is Cc1sc(NC(=O)CCCNC(=O)c2cccs2)nc1-c1ccc(Br)cc1. The van der Waals surface area contributed by atoms with E-state index in [-0.39, 0.29) is 11.8 Å². The molecular weight excluding hydrogens is 446 g/mol. The fraction of sp³-hybridized carbons (Fsp3) is 0.211. The first-order valence-electron chi connectivity index (χ1n) is 8.38. The molecule has 0 bridgehead atoms. The lowest BCUT2D eigenvalue weighted by molar-refractivity contribution is -0.116. The van der Waals surface area contributed by atoms with Crippen LogP contribution in [0, 0.1) is 6.92 Å². The monoisotopic (exact) mass is 463 g/mol. The summed E-state index contributed by atoms with van der Waals surface area (Å²) < 4.78 is 1.01. The molecule has 0 atom stereocenters. The van der Waals surface area contributed by atoms with E-state index in [1.54, 1.807) is 6.07 Å². The van der Waals surface area contributed by atoms with Gasteiger partial charge in [0.25, 0.3) is 5.91 Å². The van der Waals surface area contributed by atoms with E-state index in [4.69, 9.17) is 0 Å². The minimum atomic E-state index is -0.100. The molecule has 2 aromatic heterocycles. The van der Waals surface area contributed by atoms with Gasteiger partial charge in [0.1, 0.15) is 0 Å². The van der Waals surface area contributed by atoms with Crippen molar-refractivity contribution >= 4 is 55.5 Å². The number of halogens is 1. The Morgan fingerprint density at radius 2 is 1.96 bits per heavy atom. The second-order valence-corrected chi connectivity index (χ2v) is 8.88. The van der Waals surface area contributed by atoms with Gasteiger partial charge >= 0.3 is 0 Å². The van der Waals surface area contributed by atoms with Gasteiger partial charge in [-0.2, -0.15) is 0 Å². The van der Waals surface area contributed by atoms with E-state index < -0.39 is 0 Å². The summed E-state index contributed by atoms with van der Waals surface area (Å²) in [7, 11) is 0. The molecule has 0 aliphatic heterocycles. The number of aromatic nitrogens is 1. The van der Waals surface area contributed by atoms with Crippen LogP contribution < -0.4 is 10.6 Å². The number of hydrogen-bond acceptors (Lipinski definition) is 5. The minimum absolute atomic E-state index is 0.0971. The number of carbonyl (C=O) groups is 2. The highest BCUT2D eigenvalue weighted by molar-refractivity contribution is 9.10. The van der Waals surface area contributed by atoms with Crippen LogP contribution >= 0.6 is 38.6 Å². The van der Waals surface area contributed by atoms with Crippen molar-refractivity contribution in [3.05, 3.63) is 56.0 Å². The smallest absolute Gasteiger partial charge is 0.261 e. The molecule has 0 unspecified atom stereocenters. The van der Waals surface area contributed by atoms with E-state index in [1.165, 1.54) is 22.7 Å². The third kappa shape index (κ3) is 5.47.